The Bertz CT molecular complexity index is 260. The zero-order chi connectivity index (χ0) is 9.56. The third kappa shape index (κ3) is 4.05. The average Bonchev–Trinajstić information content (AvgIpc) is 2.03. The van der Waals surface area contributed by atoms with Crippen molar-refractivity contribution in [3.05, 3.63) is 36.6 Å². The fraction of sp³-hybridized carbons (Fsp3) is 0. The van der Waals surface area contributed by atoms with Crippen molar-refractivity contribution in [3.63, 3.8) is 0 Å². The molecular weight excluding hydrogens is 160 g/mol. The molecule has 0 spiro atoms. The van der Waals surface area contributed by atoms with Gasteiger partial charge in [0.1, 0.15) is 0 Å². The number of rotatable bonds is 4. The minimum absolute atomic E-state index is 0.385. The first-order valence-corrected chi connectivity index (χ1v) is 3.03. The van der Waals surface area contributed by atoms with Crippen molar-refractivity contribution in [1.29, 1.82) is 0 Å². The molecule has 0 saturated carbocycles. The molecule has 0 aromatic heterocycles. The molecule has 0 radical (unpaired) electrons. The molecule has 0 atom stereocenters. The van der Waals surface area contributed by atoms with Crippen molar-refractivity contribution in [1.82, 2.24) is 0 Å². The van der Waals surface area contributed by atoms with Gasteiger partial charge < -0.3 is 10.2 Å². The minimum atomic E-state index is -1.55. The van der Waals surface area contributed by atoms with Gasteiger partial charge in [-0.25, -0.2) is 4.79 Å². The molecule has 64 valence electrons. The van der Waals surface area contributed by atoms with Crippen LogP contribution < -0.4 is 5.11 Å². The van der Waals surface area contributed by atoms with Gasteiger partial charge in [-0.1, -0.05) is 18.7 Å². The number of hydrogen-bond acceptors (Lipinski definition) is 3. The molecule has 0 aliphatic heterocycles. The highest BCUT2D eigenvalue weighted by Crippen LogP contribution is 1.85. The highest BCUT2D eigenvalue weighted by molar-refractivity contribution is 5.99. The summed E-state index contributed by atoms with van der Waals surface area (Å²) >= 11 is 0. The van der Waals surface area contributed by atoms with Crippen LogP contribution in [0.1, 0.15) is 0 Å². The van der Waals surface area contributed by atoms with Gasteiger partial charge >= 0.3 is 5.97 Å². The third-order valence-electron chi connectivity index (χ3n) is 0.920. The van der Waals surface area contributed by atoms with Crippen LogP contribution in [0.3, 0.4) is 0 Å². The first kappa shape index (κ1) is 10.2. The maximum Gasteiger partial charge on any atom is 0.320 e. The Balaban J connectivity index is 4.21. The Hall–Kier alpha value is -1.84. The Morgan fingerprint density at radius 1 is 1.42 bits per heavy atom. The fourth-order valence-corrected chi connectivity index (χ4v) is 0.370. The quantitative estimate of drug-likeness (QED) is 0.352. The Labute approximate surface area is 69.1 Å². The number of allylic oxidation sites excluding steroid dienone is 4. The van der Waals surface area contributed by atoms with Crippen molar-refractivity contribution >= 4 is 11.8 Å². The van der Waals surface area contributed by atoms with Crippen LogP contribution in [-0.4, -0.2) is 16.9 Å². The van der Waals surface area contributed by atoms with Crippen LogP contribution in [0.25, 0.3) is 0 Å². The number of carbonyl (C=O) groups is 2. The molecule has 4 heteroatoms. The molecule has 1 N–H and O–H groups in total. The van der Waals surface area contributed by atoms with E-state index in [9.17, 15) is 14.7 Å². The highest BCUT2D eigenvalue weighted by atomic mass is 16.4. The van der Waals surface area contributed by atoms with Gasteiger partial charge in [0.05, 0.1) is 0 Å². The van der Waals surface area contributed by atoms with Gasteiger partial charge in [-0.2, -0.15) is 0 Å². The summed E-state index contributed by atoms with van der Waals surface area (Å²) in [5.41, 5.74) is 0. The monoisotopic (exact) mass is 167 g/mol. The highest BCUT2D eigenvalue weighted by Gasteiger charge is 1.89. The van der Waals surface area contributed by atoms with Gasteiger partial charge in [0.25, 0.3) is 0 Å². The molecule has 12 heavy (non-hydrogen) atoms. The van der Waals surface area contributed by atoms with E-state index in [2.05, 4.69) is 6.58 Å². The van der Waals surface area contributed by atoms with Crippen LogP contribution in [0.2, 0.25) is 0 Å². The molecule has 0 aliphatic carbocycles. The van der Waals surface area contributed by atoms with Crippen molar-refractivity contribution in [2.75, 3.05) is 0 Å². The minimum Gasteiger partial charge on any atom is -0.868 e. The number of aliphatic carboxylic acids is 1. The molecule has 0 aromatic carbocycles. The Kier molecular flexibility index (Phi) is 4.15. The standard InChI is InChI=1S/C8H8O4/c1-2-6(9)4-3-5-7(10)8(11)12/h2-5,10H,1H2,(H,11,12)/p-1/b4-3+,7-5-. The lowest BCUT2D eigenvalue weighted by atomic mass is 10.3. The van der Waals surface area contributed by atoms with Crippen LogP contribution >= 0.6 is 0 Å². The number of carboxylic acids is 1. The van der Waals surface area contributed by atoms with Crippen LogP contribution in [0.5, 0.6) is 0 Å². The van der Waals surface area contributed by atoms with E-state index in [1.54, 1.807) is 0 Å². The van der Waals surface area contributed by atoms with Crippen LogP contribution in [-0.2, 0) is 9.59 Å². The van der Waals surface area contributed by atoms with E-state index in [-0.39, 0.29) is 5.78 Å². The van der Waals surface area contributed by atoms with Gasteiger partial charge in [-0.3, -0.25) is 4.79 Å². The molecular formula is C8H7O4-. The van der Waals surface area contributed by atoms with E-state index >= 15 is 0 Å². The number of carboxylic acid groups (broad SMARTS) is 1. The van der Waals surface area contributed by atoms with E-state index in [0.29, 0.717) is 0 Å². The molecule has 0 aromatic rings. The van der Waals surface area contributed by atoms with E-state index in [1.807, 2.05) is 0 Å². The number of ketones is 1. The predicted molar refractivity (Wildman–Crippen MR) is 40.1 cm³/mol. The smallest absolute Gasteiger partial charge is 0.320 e. The average molecular weight is 167 g/mol. The summed E-state index contributed by atoms with van der Waals surface area (Å²) in [5.74, 6) is -3.00. The summed E-state index contributed by atoms with van der Waals surface area (Å²) in [6, 6.07) is 0. The summed E-state index contributed by atoms with van der Waals surface area (Å²) in [6.45, 7) is 3.18. The normalized spacial score (nSPS) is 11.5. The van der Waals surface area contributed by atoms with Crippen LogP contribution in [0.4, 0.5) is 0 Å². The maximum absolute atomic E-state index is 10.5. The second-order valence-corrected chi connectivity index (χ2v) is 1.80. The van der Waals surface area contributed by atoms with E-state index in [0.717, 1.165) is 24.3 Å². The summed E-state index contributed by atoms with van der Waals surface area (Å²) in [4.78, 5) is 20.4. The van der Waals surface area contributed by atoms with E-state index in [4.69, 9.17) is 5.11 Å². The summed E-state index contributed by atoms with van der Waals surface area (Å²) in [6.07, 6.45) is 3.97. The molecule has 0 unspecified atom stereocenters. The van der Waals surface area contributed by atoms with Crippen LogP contribution in [0.15, 0.2) is 36.6 Å². The van der Waals surface area contributed by atoms with Crippen molar-refractivity contribution in [2.24, 2.45) is 0 Å². The van der Waals surface area contributed by atoms with Gasteiger partial charge in [0.15, 0.2) is 5.78 Å². The summed E-state index contributed by atoms with van der Waals surface area (Å²) in [7, 11) is 0. The van der Waals surface area contributed by atoms with E-state index < -0.39 is 11.7 Å². The molecule has 0 rings (SSSR count). The van der Waals surface area contributed by atoms with Gasteiger partial charge in [-0.15, -0.1) is 0 Å². The third-order valence-corrected chi connectivity index (χ3v) is 0.920. The molecule has 0 saturated heterocycles. The first-order valence-electron chi connectivity index (χ1n) is 3.03. The topological polar surface area (TPSA) is 77.4 Å². The fourth-order valence-electron chi connectivity index (χ4n) is 0.370. The molecule has 0 amide bonds. The van der Waals surface area contributed by atoms with Crippen molar-refractivity contribution in [2.45, 2.75) is 0 Å². The summed E-state index contributed by atoms with van der Waals surface area (Å²) < 4.78 is 0. The number of carbonyl (C=O) groups excluding carboxylic acids is 1. The molecule has 0 heterocycles. The molecule has 0 aliphatic rings. The van der Waals surface area contributed by atoms with Gasteiger partial charge in [0.2, 0.25) is 0 Å². The van der Waals surface area contributed by atoms with Crippen molar-refractivity contribution < 1.29 is 19.8 Å². The Morgan fingerprint density at radius 2 is 2.00 bits per heavy atom. The van der Waals surface area contributed by atoms with Gasteiger partial charge in [-0.05, 0) is 17.9 Å². The SMILES string of the molecule is C=CC(=O)/C=C/C=C(\[O-])C(=O)O. The maximum atomic E-state index is 10.5. The lowest BCUT2D eigenvalue weighted by molar-refractivity contribution is -0.302. The zero-order valence-corrected chi connectivity index (χ0v) is 6.19. The van der Waals surface area contributed by atoms with Gasteiger partial charge in [0, 0.05) is 0 Å². The second kappa shape index (κ2) is 4.90. The largest absolute Gasteiger partial charge is 0.868 e. The number of hydrogen-bond donors (Lipinski definition) is 1. The predicted octanol–water partition coefficient (Wildman–Crippen LogP) is -0.373. The Morgan fingerprint density at radius 3 is 2.42 bits per heavy atom. The molecule has 0 fully saturated rings. The molecule has 0 bridgehead atoms. The van der Waals surface area contributed by atoms with Crippen molar-refractivity contribution in [3.8, 4) is 0 Å². The van der Waals surface area contributed by atoms with E-state index in [1.165, 1.54) is 0 Å². The lowest BCUT2D eigenvalue weighted by Gasteiger charge is -2.01. The first-order chi connectivity index (χ1) is 5.57. The second-order valence-electron chi connectivity index (χ2n) is 1.80. The zero-order valence-electron chi connectivity index (χ0n) is 6.19. The van der Waals surface area contributed by atoms with Crippen LogP contribution in [0, 0.1) is 0 Å². The lowest BCUT2D eigenvalue weighted by Crippen LogP contribution is -2.13. The molecule has 4 nitrogen and oxygen atoms in total. The summed E-state index contributed by atoms with van der Waals surface area (Å²) in [5, 5.41) is 18.5.